The second-order valence-corrected chi connectivity index (χ2v) is 14.6. The van der Waals surface area contributed by atoms with E-state index in [0.717, 1.165) is 22.3 Å². The Hall–Kier alpha value is -3.36. The number of allylic oxidation sites excluding steroid dienone is 4. The van der Waals surface area contributed by atoms with Crippen molar-refractivity contribution >= 4 is 40.6 Å². The molecule has 0 radical (unpaired) electrons. The predicted octanol–water partition coefficient (Wildman–Crippen LogP) is 11.2. The van der Waals surface area contributed by atoms with Gasteiger partial charge in [-0.1, -0.05) is 96.6 Å². The molecule has 0 aromatic heterocycles. The van der Waals surface area contributed by atoms with Gasteiger partial charge in [0.15, 0.2) is 0 Å². The van der Waals surface area contributed by atoms with Crippen LogP contribution in [0.4, 0.5) is 26.3 Å². The molecule has 1 fully saturated rings. The third-order valence-corrected chi connectivity index (χ3v) is 12.3. The lowest BCUT2D eigenvalue weighted by atomic mass is 9.71. The zero-order chi connectivity index (χ0) is 31.3. The summed E-state index contributed by atoms with van der Waals surface area (Å²) in [5.41, 5.74) is 3.32. The number of fused-ring (bicyclic) bond motifs is 4. The number of hydrogen-bond donors (Lipinski definition) is 0. The second kappa shape index (κ2) is 9.57. The van der Waals surface area contributed by atoms with Gasteiger partial charge in [-0.05, 0) is 71.2 Å². The molecule has 0 bridgehead atoms. The number of alkyl halides is 6. The summed E-state index contributed by atoms with van der Waals surface area (Å²) < 4.78 is 87.9. The van der Waals surface area contributed by atoms with Gasteiger partial charge in [0.25, 0.3) is 0 Å². The van der Waals surface area contributed by atoms with Crippen LogP contribution in [0, 0.1) is 6.92 Å². The maximum Gasteiger partial charge on any atom is 0.380 e. The summed E-state index contributed by atoms with van der Waals surface area (Å²) in [6.45, 7) is 5.41. The number of benzene rings is 3. The molecule has 0 nitrogen and oxygen atoms in total. The Kier molecular flexibility index (Phi) is 6.39. The maximum absolute atomic E-state index is 15.3. The van der Waals surface area contributed by atoms with E-state index in [-0.39, 0.29) is 11.1 Å². The molecule has 3 aromatic carbocycles. The molecule has 224 valence electrons. The first-order valence-corrected chi connectivity index (χ1v) is 15.8. The fourth-order valence-electron chi connectivity index (χ4n) is 6.45. The quantitative estimate of drug-likeness (QED) is 0.206. The normalized spacial score (nSPS) is 27.5. The summed E-state index contributed by atoms with van der Waals surface area (Å²) in [5.74, 6) is -15.5. The van der Waals surface area contributed by atoms with Gasteiger partial charge in [0.2, 0.25) is 0 Å². The van der Waals surface area contributed by atoms with Gasteiger partial charge in [-0.3, -0.25) is 0 Å². The minimum atomic E-state index is -5.53. The zero-order valence-electron chi connectivity index (χ0n) is 23.9. The minimum Gasteiger partial charge on any atom is -0.194 e. The summed E-state index contributed by atoms with van der Waals surface area (Å²) in [6, 6.07) is 24.0. The van der Waals surface area contributed by atoms with Crippen molar-refractivity contribution in [2.45, 2.75) is 48.0 Å². The Morgan fingerprint density at radius 3 is 1.61 bits per heavy atom. The van der Waals surface area contributed by atoms with Crippen LogP contribution in [0.3, 0.4) is 0 Å². The molecule has 2 atom stereocenters. The van der Waals surface area contributed by atoms with Crippen molar-refractivity contribution in [3.63, 3.8) is 0 Å². The molecule has 4 aliphatic rings. The first-order chi connectivity index (χ1) is 20.7. The van der Waals surface area contributed by atoms with E-state index in [2.05, 4.69) is 43.3 Å². The van der Waals surface area contributed by atoms with Crippen molar-refractivity contribution in [3.8, 4) is 11.1 Å². The van der Waals surface area contributed by atoms with Crippen molar-refractivity contribution < 1.29 is 26.3 Å². The highest BCUT2D eigenvalue weighted by Gasteiger charge is 2.84. The molecule has 44 heavy (non-hydrogen) atoms. The molecule has 0 saturated heterocycles. The largest absolute Gasteiger partial charge is 0.380 e. The average molecular weight is 637 g/mol. The van der Waals surface area contributed by atoms with Crippen molar-refractivity contribution in [1.82, 2.24) is 0 Å². The number of thioether (sulfide) groups is 2. The lowest BCUT2D eigenvalue weighted by Crippen LogP contribution is -2.48. The van der Waals surface area contributed by atoms with Gasteiger partial charge in [0.1, 0.15) is 0 Å². The van der Waals surface area contributed by atoms with Crippen molar-refractivity contribution in [3.05, 3.63) is 135 Å². The minimum absolute atomic E-state index is 0.153. The molecule has 2 heterocycles. The van der Waals surface area contributed by atoms with Crippen LogP contribution >= 0.6 is 23.5 Å². The first kappa shape index (κ1) is 29.4. The molecule has 2 unspecified atom stereocenters. The van der Waals surface area contributed by atoms with E-state index in [0.29, 0.717) is 10.5 Å². The molecular weight excluding hydrogens is 611 g/mol. The van der Waals surface area contributed by atoms with Crippen LogP contribution in [0.15, 0.2) is 113 Å². The van der Waals surface area contributed by atoms with E-state index in [4.69, 9.17) is 0 Å². The summed E-state index contributed by atoms with van der Waals surface area (Å²) in [7, 11) is 0. The Labute approximate surface area is 260 Å². The molecular formula is C36H26F6S2. The van der Waals surface area contributed by atoms with Gasteiger partial charge in [0, 0.05) is 16.1 Å². The Bertz CT molecular complexity index is 1840. The van der Waals surface area contributed by atoms with Crippen LogP contribution in [0.5, 0.6) is 0 Å². The molecule has 0 N–H and O–H groups in total. The summed E-state index contributed by atoms with van der Waals surface area (Å²) in [4.78, 5) is 0.570. The Balaban J connectivity index is 1.19. The number of halogens is 6. The lowest BCUT2D eigenvalue weighted by Gasteiger charge is -2.47. The van der Waals surface area contributed by atoms with Crippen molar-refractivity contribution in [2.75, 3.05) is 0 Å². The summed E-state index contributed by atoms with van der Waals surface area (Å²) >= 11 is 2.46. The number of hydrogen-bond acceptors (Lipinski definition) is 2. The van der Waals surface area contributed by atoms with Gasteiger partial charge in [-0.2, -0.15) is 26.3 Å². The first-order valence-electron chi connectivity index (χ1n) is 14.1. The van der Waals surface area contributed by atoms with Crippen LogP contribution < -0.4 is 0 Å². The topological polar surface area (TPSA) is 0 Å². The zero-order valence-corrected chi connectivity index (χ0v) is 25.5. The van der Waals surface area contributed by atoms with Crippen LogP contribution in [0.25, 0.3) is 28.2 Å². The van der Waals surface area contributed by atoms with E-state index < -0.39 is 38.4 Å². The monoisotopic (exact) mass is 636 g/mol. The van der Waals surface area contributed by atoms with E-state index in [9.17, 15) is 8.78 Å². The van der Waals surface area contributed by atoms with Crippen LogP contribution in [-0.4, -0.2) is 27.3 Å². The Morgan fingerprint density at radius 1 is 0.591 bits per heavy atom. The standard InChI is InChI=1S/C36H26F6S2/c1-21-4-12-24(13-5-21)25-14-8-22(9-15-25)6-7-23-10-16-26(17-11-23)29-20-28-31-30(34(37,38)36(41,42)35(31,39)40)27-18-19-43-32(27,2)33(28,3)44-29/h4-20H,1-3H3/b7-6+. The van der Waals surface area contributed by atoms with Gasteiger partial charge in [0.05, 0.1) is 9.49 Å². The van der Waals surface area contributed by atoms with Crippen molar-refractivity contribution in [2.24, 2.45) is 0 Å². The smallest absolute Gasteiger partial charge is 0.194 e. The molecule has 0 amide bonds. The van der Waals surface area contributed by atoms with Gasteiger partial charge < -0.3 is 0 Å². The van der Waals surface area contributed by atoms with Gasteiger partial charge in [-0.25, -0.2) is 0 Å². The number of rotatable bonds is 4. The second-order valence-electron chi connectivity index (χ2n) is 11.8. The molecule has 1 saturated carbocycles. The highest BCUT2D eigenvalue weighted by atomic mass is 32.2. The summed E-state index contributed by atoms with van der Waals surface area (Å²) in [5, 5.41) is 1.54. The lowest BCUT2D eigenvalue weighted by molar-refractivity contribution is -0.258. The van der Waals surface area contributed by atoms with Gasteiger partial charge in [-0.15, -0.1) is 23.5 Å². The predicted molar refractivity (Wildman–Crippen MR) is 170 cm³/mol. The average Bonchev–Trinajstić information content (AvgIpc) is 3.59. The fraction of sp³-hybridized carbons (Fsp3) is 0.222. The number of aryl methyl sites for hydroxylation is 1. The third-order valence-electron chi connectivity index (χ3n) is 9.23. The summed E-state index contributed by atoms with van der Waals surface area (Å²) in [6.07, 6.45) is 6.65. The van der Waals surface area contributed by atoms with Crippen LogP contribution in [0.1, 0.15) is 36.1 Å². The molecule has 3 aromatic rings. The Morgan fingerprint density at radius 2 is 1.07 bits per heavy atom. The maximum atomic E-state index is 15.3. The van der Waals surface area contributed by atoms with Gasteiger partial charge >= 0.3 is 17.8 Å². The molecule has 8 heteroatoms. The van der Waals surface area contributed by atoms with Crippen LogP contribution in [0.2, 0.25) is 0 Å². The molecule has 0 spiro atoms. The molecule has 7 rings (SSSR count). The van der Waals surface area contributed by atoms with E-state index in [1.54, 1.807) is 13.8 Å². The van der Waals surface area contributed by atoms with E-state index in [1.807, 2.05) is 48.6 Å². The fourth-order valence-corrected chi connectivity index (χ4v) is 9.27. The molecule has 2 aliphatic heterocycles. The van der Waals surface area contributed by atoms with Crippen LogP contribution in [-0.2, 0) is 0 Å². The van der Waals surface area contributed by atoms with E-state index in [1.165, 1.54) is 46.6 Å². The van der Waals surface area contributed by atoms with E-state index >= 15 is 17.6 Å². The SMILES string of the molecule is Cc1ccc(-c2ccc(/C=C/c3ccc(C4=CC5=C6C(=C7C=CSC7(C)C5(C)S4)C(F)(F)C(F)(F)C6(F)F)cc3)cc2)cc1. The molecule has 2 aliphatic carbocycles. The van der Waals surface area contributed by atoms with Crippen molar-refractivity contribution in [1.29, 1.82) is 0 Å². The highest BCUT2D eigenvalue weighted by Crippen LogP contribution is 2.73. The highest BCUT2D eigenvalue weighted by molar-refractivity contribution is 8.12. The third kappa shape index (κ3) is 3.89.